The number of aryl methyl sites for hydroxylation is 3. The van der Waals surface area contributed by atoms with E-state index < -0.39 is 6.04 Å². The summed E-state index contributed by atoms with van der Waals surface area (Å²) in [6.45, 7) is 5.77. The first kappa shape index (κ1) is 20.0. The Morgan fingerprint density at radius 2 is 1.72 bits per heavy atom. The van der Waals surface area contributed by atoms with E-state index in [-0.39, 0.29) is 17.1 Å². The maximum absolute atomic E-state index is 13.7. The highest BCUT2D eigenvalue weighted by Gasteiger charge is 2.44. The molecule has 3 heterocycles. The molecule has 0 aliphatic carbocycles. The van der Waals surface area contributed by atoms with Gasteiger partial charge in [-0.2, -0.15) is 0 Å². The van der Waals surface area contributed by atoms with Crippen LogP contribution in [0.3, 0.4) is 0 Å². The van der Waals surface area contributed by atoms with E-state index in [1.54, 1.807) is 13.2 Å². The van der Waals surface area contributed by atoms with Crippen molar-refractivity contribution in [1.82, 2.24) is 4.98 Å². The van der Waals surface area contributed by atoms with Crippen LogP contribution in [0.1, 0.15) is 44.5 Å². The standard InChI is InChI=1S/C26H22N2O4/c1-14-11-19-20(12-15(14)2)32-25-22(24(19)29)23(17-8-6-9-18(13-17)31-4)28(26(25)30)21-10-5-7-16(3)27-21/h5-13,23H,1-4H3/t23-/m1/s1. The number of benzene rings is 2. The average molecular weight is 426 g/mol. The Morgan fingerprint density at radius 3 is 2.47 bits per heavy atom. The second-order valence-electron chi connectivity index (χ2n) is 8.10. The van der Waals surface area contributed by atoms with Gasteiger partial charge in [0.2, 0.25) is 5.76 Å². The Kier molecular flexibility index (Phi) is 4.59. The van der Waals surface area contributed by atoms with Gasteiger partial charge in [-0.1, -0.05) is 18.2 Å². The molecule has 0 fully saturated rings. The summed E-state index contributed by atoms with van der Waals surface area (Å²) in [5.41, 5.74) is 4.02. The van der Waals surface area contributed by atoms with Crippen molar-refractivity contribution in [3.8, 4) is 5.75 Å². The van der Waals surface area contributed by atoms with Crippen molar-refractivity contribution < 1.29 is 13.9 Å². The largest absolute Gasteiger partial charge is 0.497 e. The van der Waals surface area contributed by atoms with Crippen molar-refractivity contribution in [3.63, 3.8) is 0 Å². The summed E-state index contributed by atoms with van der Waals surface area (Å²) in [6, 6.07) is 15.8. The first-order chi connectivity index (χ1) is 15.4. The predicted molar refractivity (Wildman–Crippen MR) is 123 cm³/mol. The zero-order valence-electron chi connectivity index (χ0n) is 18.3. The second-order valence-corrected chi connectivity index (χ2v) is 8.10. The summed E-state index contributed by atoms with van der Waals surface area (Å²) in [6.07, 6.45) is 0. The number of pyridine rings is 1. The highest BCUT2D eigenvalue weighted by molar-refractivity contribution is 6.10. The summed E-state index contributed by atoms with van der Waals surface area (Å²) in [4.78, 5) is 33.4. The molecule has 1 amide bonds. The number of rotatable bonds is 3. The zero-order chi connectivity index (χ0) is 22.6. The molecule has 2 aromatic heterocycles. The van der Waals surface area contributed by atoms with Gasteiger partial charge in [0.05, 0.1) is 24.1 Å². The van der Waals surface area contributed by atoms with Crippen LogP contribution >= 0.6 is 0 Å². The number of hydrogen-bond acceptors (Lipinski definition) is 5. The molecule has 1 aliphatic heterocycles. The number of carbonyl (C=O) groups is 1. The molecule has 1 atom stereocenters. The van der Waals surface area contributed by atoms with Gasteiger partial charge in [-0.25, -0.2) is 4.98 Å². The number of aromatic nitrogens is 1. The molecular weight excluding hydrogens is 404 g/mol. The highest BCUT2D eigenvalue weighted by atomic mass is 16.5. The Morgan fingerprint density at radius 1 is 0.969 bits per heavy atom. The molecule has 0 N–H and O–H groups in total. The van der Waals surface area contributed by atoms with Gasteiger partial charge in [-0.15, -0.1) is 0 Å². The highest BCUT2D eigenvalue weighted by Crippen LogP contribution is 2.41. The normalized spacial score (nSPS) is 15.3. The molecule has 0 bridgehead atoms. The van der Waals surface area contributed by atoms with Gasteiger partial charge in [0.1, 0.15) is 17.2 Å². The number of methoxy groups -OCH3 is 1. The molecule has 0 radical (unpaired) electrons. The first-order valence-corrected chi connectivity index (χ1v) is 10.4. The lowest BCUT2D eigenvalue weighted by atomic mass is 9.97. The lowest BCUT2D eigenvalue weighted by Crippen LogP contribution is -2.30. The van der Waals surface area contributed by atoms with E-state index in [1.807, 2.05) is 69.3 Å². The van der Waals surface area contributed by atoms with Crippen LogP contribution in [-0.2, 0) is 0 Å². The minimum atomic E-state index is -0.677. The Bertz CT molecular complexity index is 1450. The topological polar surface area (TPSA) is 72.6 Å². The lowest BCUT2D eigenvalue weighted by molar-refractivity contribution is 0.0970. The molecule has 160 valence electrons. The zero-order valence-corrected chi connectivity index (χ0v) is 18.3. The molecule has 32 heavy (non-hydrogen) atoms. The van der Waals surface area contributed by atoms with Gasteiger partial charge in [0.25, 0.3) is 5.91 Å². The predicted octanol–water partition coefficient (Wildman–Crippen LogP) is 4.87. The Balaban J connectivity index is 1.84. The molecule has 4 aromatic rings. The second kappa shape index (κ2) is 7.34. The van der Waals surface area contributed by atoms with Gasteiger partial charge >= 0.3 is 0 Å². The third-order valence-electron chi connectivity index (χ3n) is 6.02. The SMILES string of the molecule is COc1cccc([C@@H]2c3c(oc4cc(C)c(C)cc4c3=O)C(=O)N2c2cccc(C)n2)c1. The van der Waals surface area contributed by atoms with E-state index in [0.717, 1.165) is 22.4 Å². The van der Waals surface area contributed by atoms with Gasteiger partial charge in [-0.3, -0.25) is 14.5 Å². The number of ether oxygens (including phenoxy) is 1. The van der Waals surface area contributed by atoms with Crippen molar-refractivity contribution in [3.05, 3.63) is 98.5 Å². The Hall–Kier alpha value is -3.93. The fourth-order valence-corrected chi connectivity index (χ4v) is 4.25. The molecule has 0 spiro atoms. The van der Waals surface area contributed by atoms with Gasteiger partial charge in [0, 0.05) is 5.69 Å². The third-order valence-corrected chi connectivity index (χ3v) is 6.02. The first-order valence-electron chi connectivity index (χ1n) is 10.4. The summed E-state index contributed by atoms with van der Waals surface area (Å²) in [7, 11) is 1.58. The number of nitrogens with zero attached hydrogens (tertiary/aromatic N) is 2. The third kappa shape index (κ3) is 2.99. The fraction of sp³-hybridized carbons (Fsp3) is 0.192. The van der Waals surface area contributed by atoms with E-state index >= 15 is 0 Å². The van der Waals surface area contributed by atoms with Crippen molar-refractivity contribution >= 4 is 22.7 Å². The number of carbonyl (C=O) groups excluding carboxylic acids is 1. The molecule has 5 rings (SSSR count). The molecule has 2 aromatic carbocycles. The number of fused-ring (bicyclic) bond motifs is 2. The fourth-order valence-electron chi connectivity index (χ4n) is 4.25. The van der Waals surface area contributed by atoms with E-state index in [2.05, 4.69) is 4.98 Å². The molecular formula is C26H22N2O4. The minimum absolute atomic E-state index is 0.0573. The van der Waals surface area contributed by atoms with Crippen molar-refractivity contribution in [2.75, 3.05) is 12.0 Å². The van der Waals surface area contributed by atoms with E-state index in [9.17, 15) is 9.59 Å². The summed E-state index contributed by atoms with van der Waals surface area (Å²) in [5.74, 6) is 0.771. The number of amides is 1. The average Bonchev–Trinajstić information content (AvgIpc) is 3.08. The quantitative estimate of drug-likeness (QED) is 0.467. The van der Waals surface area contributed by atoms with Gasteiger partial charge in [0.15, 0.2) is 5.43 Å². The van der Waals surface area contributed by atoms with Crippen LogP contribution in [-0.4, -0.2) is 18.0 Å². The summed E-state index contributed by atoms with van der Waals surface area (Å²) < 4.78 is 11.5. The van der Waals surface area contributed by atoms with Crippen molar-refractivity contribution in [1.29, 1.82) is 0 Å². The Labute approximate surface area is 185 Å². The van der Waals surface area contributed by atoms with E-state index in [1.165, 1.54) is 4.90 Å². The van der Waals surface area contributed by atoms with Crippen LogP contribution < -0.4 is 15.1 Å². The van der Waals surface area contributed by atoms with E-state index in [4.69, 9.17) is 9.15 Å². The van der Waals surface area contributed by atoms with Crippen LogP contribution in [0.15, 0.2) is 63.8 Å². The van der Waals surface area contributed by atoms with Crippen LogP contribution in [0, 0.1) is 20.8 Å². The molecule has 0 saturated heterocycles. The van der Waals surface area contributed by atoms with Crippen LogP contribution in [0.2, 0.25) is 0 Å². The molecule has 0 saturated carbocycles. The van der Waals surface area contributed by atoms with Gasteiger partial charge < -0.3 is 9.15 Å². The smallest absolute Gasteiger partial charge is 0.296 e. The molecule has 1 aliphatic rings. The van der Waals surface area contributed by atoms with Crippen molar-refractivity contribution in [2.24, 2.45) is 0 Å². The maximum atomic E-state index is 13.7. The summed E-state index contributed by atoms with van der Waals surface area (Å²) >= 11 is 0. The number of anilines is 1. The van der Waals surface area contributed by atoms with Crippen LogP contribution in [0.5, 0.6) is 5.75 Å². The number of hydrogen-bond donors (Lipinski definition) is 0. The van der Waals surface area contributed by atoms with E-state index in [0.29, 0.717) is 28.1 Å². The molecule has 6 heteroatoms. The van der Waals surface area contributed by atoms with Gasteiger partial charge in [-0.05, 0) is 73.9 Å². The monoisotopic (exact) mass is 426 g/mol. The van der Waals surface area contributed by atoms with Crippen LogP contribution in [0.4, 0.5) is 5.82 Å². The molecule has 6 nitrogen and oxygen atoms in total. The molecule has 0 unspecified atom stereocenters. The lowest BCUT2D eigenvalue weighted by Gasteiger charge is -2.24. The van der Waals surface area contributed by atoms with Crippen LogP contribution in [0.25, 0.3) is 11.0 Å². The minimum Gasteiger partial charge on any atom is -0.497 e. The maximum Gasteiger partial charge on any atom is 0.296 e. The van der Waals surface area contributed by atoms with Crippen molar-refractivity contribution in [2.45, 2.75) is 26.8 Å². The summed E-state index contributed by atoms with van der Waals surface area (Å²) in [5, 5.41) is 0.464.